The van der Waals surface area contributed by atoms with E-state index in [1.165, 1.54) is 4.90 Å². The molecule has 7 heteroatoms. The SMILES string of the molecule is Cc1ccc2c(c1)[C@](NC(=O)OC(C)(C)C)(OO)C(=O)N2Cc1ccccc1. The van der Waals surface area contributed by atoms with Gasteiger partial charge in [-0.2, -0.15) is 4.89 Å². The second-order valence-electron chi connectivity index (χ2n) is 7.80. The first-order valence-corrected chi connectivity index (χ1v) is 8.97. The van der Waals surface area contributed by atoms with Gasteiger partial charge in [-0.15, -0.1) is 0 Å². The summed E-state index contributed by atoms with van der Waals surface area (Å²) < 4.78 is 5.26. The number of nitrogens with zero attached hydrogens (tertiary/aromatic N) is 1. The fourth-order valence-corrected chi connectivity index (χ4v) is 3.18. The summed E-state index contributed by atoms with van der Waals surface area (Å²) in [5, 5.41) is 12.2. The van der Waals surface area contributed by atoms with Crippen molar-refractivity contribution in [3.63, 3.8) is 0 Å². The summed E-state index contributed by atoms with van der Waals surface area (Å²) in [6.07, 6.45) is -0.871. The lowest BCUT2D eigenvalue weighted by Crippen LogP contribution is -2.55. The Morgan fingerprint density at radius 1 is 1.18 bits per heavy atom. The van der Waals surface area contributed by atoms with Crippen molar-refractivity contribution >= 4 is 17.7 Å². The molecule has 0 spiro atoms. The molecule has 1 atom stereocenters. The summed E-state index contributed by atoms with van der Waals surface area (Å²) in [5.41, 5.74) is -0.208. The van der Waals surface area contributed by atoms with Crippen LogP contribution in [0.15, 0.2) is 48.5 Å². The van der Waals surface area contributed by atoms with Crippen LogP contribution < -0.4 is 10.2 Å². The Labute approximate surface area is 163 Å². The largest absolute Gasteiger partial charge is 0.444 e. The molecule has 1 aliphatic rings. The van der Waals surface area contributed by atoms with Gasteiger partial charge >= 0.3 is 6.09 Å². The van der Waals surface area contributed by atoms with Crippen LogP contribution in [0.4, 0.5) is 10.5 Å². The molecule has 0 saturated carbocycles. The molecule has 2 amide bonds. The van der Waals surface area contributed by atoms with Crippen molar-refractivity contribution in [2.75, 3.05) is 4.90 Å². The average Bonchev–Trinajstić information content (AvgIpc) is 2.83. The summed E-state index contributed by atoms with van der Waals surface area (Å²) in [5.74, 6) is -0.606. The highest BCUT2D eigenvalue weighted by Gasteiger charge is 2.55. The molecule has 0 radical (unpaired) electrons. The molecule has 28 heavy (non-hydrogen) atoms. The quantitative estimate of drug-likeness (QED) is 0.477. The first-order chi connectivity index (χ1) is 13.2. The number of nitrogens with one attached hydrogen (secondary N) is 1. The normalized spacial score (nSPS) is 18.8. The highest BCUT2D eigenvalue weighted by atomic mass is 17.1. The van der Waals surface area contributed by atoms with Crippen molar-refractivity contribution in [3.05, 3.63) is 65.2 Å². The Morgan fingerprint density at radius 3 is 2.46 bits per heavy atom. The summed E-state index contributed by atoms with van der Waals surface area (Å²) >= 11 is 0. The van der Waals surface area contributed by atoms with Crippen molar-refractivity contribution in [2.45, 2.75) is 45.6 Å². The monoisotopic (exact) mass is 384 g/mol. The molecule has 7 nitrogen and oxygen atoms in total. The highest BCUT2D eigenvalue weighted by molar-refractivity contribution is 6.08. The molecular formula is C21H24N2O5. The van der Waals surface area contributed by atoms with E-state index in [9.17, 15) is 14.8 Å². The van der Waals surface area contributed by atoms with Gasteiger partial charge in [0.05, 0.1) is 12.2 Å². The average molecular weight is 384 g/mol. The van der Waals surface area contributed by atoms with Gasteiger partial charge in [0.25, 0.3) is 11.6 Å². The number of benzene rings is 2. The second-order valence-corrected chi connectivity index (χ2v) is 7.80. The van der Waals surface area contributed by atoms with E-state index in [0.717, 1.165) is 11.1 Å². The van der Waals surface area contributed by atoms with E-state index >= 15 is 0 Å². The molecule has 3 rings (SSSR count). The van der Waals surface area contributed by atoms with Gasteiger partial charge in [-0.25, -0.2) is 10.1 Å². The summed E-state index contributed by atoms with van der Waals surface area (Å²) in [7, 11) is 0. The number of carbonyl (C=O) groups excluding carboxylic acids is 2. The van der Waals surface area contributed by atoms with E-state index < -0.39 is 23.3 Å². The number of rotatable bonds is 4. The number of alkyl carbamates (subject to hydrolysis) is 1. The number of fused-ring (bicyclic) bond motifs is 1. The molecule has 2 aromatic rings. The number of anilines is 1. The Morgan fingerprint density at radius 2 is 1.86 bits per heavy atom. The summed E-state index contributed by atoms with van der Waals surface area (Å²) in [6, 6.07) is 14.7. The Balaban J connectivity index is 2.02. The number of hydrogen-bond acceptors (Lipinski definition) is 5. The number of ether oxygens (including phenoxy) is 1. The van der Waals surface area contributed by atoms with Crippen LogP contribution in [-0.4, -0.2) is 22.9 Å². The third-order valence-electron chi connectivity index (χ3n) is 4.37. The number of aryl methyl sites for hydroxylation is 1. The van der Waals surface area contributed by atoms with Gasteiger partial charge < -0.3 is 9.64 Å². The van der Waals surface area contributed by atoms with Crippen LogP contribution in [0.5, 0.6) is 0 Å². The lowest BCUT2D eigenvalue weighted by molar-refractivity contribution is -0.321. The molecule has 148 valence electrons. The Kier molecular flexibility index (Phi) is 5.14. The predicted molar refractivity (Wildman–Crippen MR) is 104 cm³/mol. The van der Waals surface area contributed by atoms with Crippen LogP contribution in [0.3, 0.4) is 0 Å². The van der Waals surface area contributed by atoms with Crippen molar-refractivity contribution < 1.29 is 24.5 Å². The topological polar surface area (TPSA) is 88.1 Å². The van der Waals surface area contributed by atoms with Gasteiger partial charge in [-0.3, -0.25) is 10.1 Å². The summed E-state index contributed by atoms with van der Waals surface area (Å²) in [6.45, 7) is 7.22. The van der Waals surface area contributed by atoms with Gasteiger partial charge in [-0.05, 0) is 45.4 Å². The van der Waals surface area contributed by atoms with Crippen LogP contribution in [0.25, 0.3) is 0 Å². The first-order valence-electron chi connectivity index (χ1n) is 8.97. The van der Waals surface area contributed by atoms with E-state index in [0.29, 0.717) is 11.3 Å². The van der Waals surface area contributed by atoms with Crippen LogP contribution in [0, 0.1) is 6.92 Å². The predicted octanol–water partition coefficient (Wildman–Crippen LogP) is 3.71. The van der Waals surface area contributed by atoms with Gasteiger partial charge in [0.2, 0.25) is 0 Å². The standard InChI is InChI=1S/C21H24N2O5/c1-14-10-11-17-16(12-14)21(28-26,22-19(25)27-20(2,3)4)18(24)23(17)13-15-8-6-5-7-9-15/h5-12,26H,13H2,1-4H3,(H,22,25)/t21-/m0/s1. The number of hydrogen-bond donors (Lipinski definition) is 2. The maximum atomic E-state index is 13.3. The zero-order chi connectivity index (χ0) is 20.5. The van der Waals surface area contributed by atoms with E-state index in [1.807, 2.05) is 43.3 Å². The third-order valence-corrected chi connectivity index (χ3v) is 4.37. The van der Waals surface area contributed by atoms with Crippen LogP contribution in [0.2, 0.25) is 0 Å². The molecule has 0 aliphatic carbocycles. The number of amides is 2. The molecule has 0 fully saturated rings. The lowest BCUT2D eigenvalue weighted by atomic mass is 10.0. The second kappa shape index (κ2) is 7.26. The molecule has 1 aliphatic heterocycles. The van der Waals surface area contributed by atoms with Crippen LogP contribution in [-0.2, 0) is 26.7 Å². The van der Waals surface area contributed by atoms with Crippen molar-refractivity contribution in [1.82, 2.24) is 5.32 Å². The van der Waals surface area contributed by atoms with Gasteiger partial charge in [0.15, 0.2) is 0 Å². The molecule has 0 bridgehead atoms. The van der Waals surface area contributed by atoms with Crippen molar-refractivity contribution in [1.29, 1.82) is 0 Å². The van der Waals surface area contributed by atoms with Gasteiger partial charge in [0.1, 0.15) is 5.60 Å². The molecule has 2 aromatic carbocycles. The zero-order valence-corrected chi connectivity index (χ0v) is 16.4. The van der Waals surface area contributed by atoms with Gasteiger partial charge in [-0.1, -0.05) is 42.0 Å². The molecule has 1 heterocycles. The minimum Gasteiger partial charge on any atom is -0.444 e. The molecular weight excluding hydrogens is 360 g/mol. The van der Waals surface area contributed by atoms with Crippen molar-refractivity contribution in [2.24, 2.45) is 0 Å². The lowest BCUT2D eigenvalue weighted by Gasteiger charge is -2.28. The third kappa shape index (κ3) is 3.72. The number of carbonyl (C=O) groups is 2. The van der Waals surface area contributed by atoms with Gasteiger partial charge in [0, 0.05) is 5.56 Å². The maximum absolute atomic E-state index is 13.3. The van der Waals surface area contributed by atoms with Crippen LogP contribution in [0.1, 0.15) is 37.5 Å². The van der Waals surface area contributed by atoms with E-state index in [4.69, 9.17) is 4.74 Å². The molecule has 2 N–H and O–H groups in total. The minimum absolute atomic E-state index is 0.261. The fraction of sp³-hybridized carbons (Fsp3) is 0.333. The van der Waals surface area contributed by atoms with E-state index in [2.05, 4.69) is 10.2 Å². The summed E-state index contributed by atoms with van der Waals surface area (Å²) in [4.78, 5) is 31.8. The minimum atomic E-state index is -2.07. The molecule has 0 saturated heterocycles. The molecule has 0 aromatic heterocycles. The van der Waals surface area contributed by atoms with Crippen LogP contribution >= 0.6 is 0 Å². The molecule has 0 unspecified atom stereocenters. The first kappa shape index (κ1) is 19.9. The Bertz CT molecular complexity index is 891. The van der Waals surface area contributed by atoms with E-state index in [-0.39, 0.29) is 6.54 Å². The van der Waals surface area contributed by atoms with E-state index in [1.54, 1.807) is 32.9 Å². The smallest absolute Gasteiger partial charge is 0.410 e. The highest BCUT2D eigenvalue weighted by Crippen LogP contribution is 2.42. The maximum Gasteiger partial charge on any atom is 0.410 e. The zero-order valence-electron chi connectivity index (χ0n) is 16.4. The fourth-order valence-electron chi connectivity index (χ4n) is 3.18. The Hall–Kier alpha value is -2.90. The van der Waals surface area contributed by atoms with Crippen molar-refractivity contribution in [3.8, 4) is 0 Å².